The zero-order chi connectivity index (χ0) is 11.7. The summed E-state index contributed by atoms with van der Waals surface area (Å²) in [5.41, 5.74) is 1.04. The van der Waals surface area contributed by atoms with Crippen LogP contribution >= 0.6 is 0 Å². The van der Waals surface area contributed by atoms with Crippen molar-refractivity contribution >= 4 is 0 Å². The zero-order valence-corrected chi connectivity index (χ0v) is 9.63. The fraction of sp³-hybridized carbons (Fsp3) is 0.417. The first kappa shape index (κ1) is 10.4. The maximum absolute atomic E-state index is 5.27. The van der Waals surface area contributed by atoms with E-state index in [1.54, 1.807) is 6.20 Å². The Morgan fingerprint density at radius 3 is 3.00 bits per heavy atom. The molecular weight excluding hydrogens is 216 g/mol. The van der Waals surface area contributed by atoms with Gasteiger partial charge in [-0.2, -0.15) is 4.98 Å². The van der Waals surface area contributed by atoms with Gasteiger partial charge in [0, 0.05) is 18.3 Å². The second-order valence-corrected chi connectivity index (χ2v) is 4.27. The number of rotatable bonds is 4. The molecule has 0 amide bonds. The molecule has 0 spiro atoms. The molecule has 1 saturated carbocycles. The van der Waals surface area contributed by atoms with Crippen LogP contribution in [0.25, 0.3) is 0 Å². The molecule has 0 saturated heterocycles. The second-order valence-electron chi connectivity index (χ2n) is 4.27. The minimum Gasteiger partial charge on any atom is -0.339 e. The highest BCUT2D eigenvalue weighted by molar-refractivity contribution is 5.21. The Hall–Kier alpha value is -1.75. The molecule has 3 rings (SSSR count). The molecule has 2 aromatic rings. The normalized spacial score (nSPS) is 17.0. The van der Waals surface area contributed by atoms with Gasteiger partial charge in [-0.25, -0.2) is 0 Å². The van der Waals surface area contributed by atoms with E-state index in [4.69, 9.17) is 4.52 Å². The van der Waals surface area contributed by atoms with Crippen molar-refractivity contribution in [3.05, 3.63) is 41.8 Å². The molecule has 0 aromatic carbocycles. The molecule has 2 heterocycles. The molecule has 1 aliphatic rings. The van der Waals surface area contributed by atoms with E-state index in [0.29, 0.717) is 11.7 Å². The summed E-state index contributed by atoms with van der Waals surface area (Å²) < 4.78 is 5.27. The lowest BCUT2D eigenvalue weighted by atomic mass is 10.1. The summed E-state index contributed by atoms with van der Waals surface area (Å²) in [6, 6.07) is 3.85. The van der Waals surface area contributed by atoms with Crippen molar-refractivity contribution in [1.29, 1.82) is 0 Å². The fourth-order valence-electron chi connectivity index (χ4n) is 1.85. The summed E-state index contributed by atoms with van der Waals surface area (Å²) in [6.07, 6.45) is 5.90. The van der Waals surface area contributed by atoms with Gasteiger partial charge in [0.05, 0.1) is 6.04 Å². The Labute approximate surface area is 99.3 Å². The van der Waals surface area contributed by atoms with Crippen molar-refractivity contribution in [2.75, 3.05) is 7.05 Å². The van der Waals surface area contributed by atoms with Crippen LogP contribution in [-0.2, 0) is 0 Å². The monoisotopic (exact) mass is 230 g/mol. The van der Waals surface area contributed by atoms with E-state index in [1.165, 1.54) is 12.8 Å². The van der Waals surface area contributed by atoms with E-state index in [-0.39, 0.29) is 6.04 Å². The van der Waals surface area contributed by atoms with Gasteiger partial charge in [-0.1, -0.05) is 11.2 Å². The number of pyridine rings is 1. The first-order chi connectivity index (χ1) is 8.38. The molecule has 1 aliphatic carbocycles. The van der Waals surface area contributed by atoms with Gasteiger partial charge in [-0.05, 0) is 31.5 Å². The van der Waals surface area contributed by atoms with E-state index in [1.807, 2.05) is 25.4 Å². The van der Waals surface area contributed by atoms with Crippen LogP contribution in [0.1, 0.15) is 42.1 Å². The molecule has 0 radical (unpaired) electrons. The lowest BCUT2D eigenvalue weighted by molar-refractivity contribution is 0.370. The van der Waals surface area contributed by atoms with Gasteiger partial charge >= 0.3 is 0 Å². The first-order valence-electron chi connectivity index (χ1n) is 5.79. The van der Waals surface area contributed by atoms with Gasteiger partial charge in [0.25, 0.3) is 0 Å². The van der Waals surface area contributed by atoms with Gasteiger partial charge < -0.3 is 9.84 Å². The third-order valence-electron chi connectivity index (χ3n) is 2.95. The molecule has 0 bridgehead atoms. The molecule has 0 aliphatic heterocycles. The summed E-state index contributed by atoms with van der Waals surface area (Å²) in [6.45, 7) is 0. The van der Waals surface area contributed by atoms with Gasteiger partial charge in [0.1, 0.15) is 0 Å². The van der Waals surface area contributed by atoms with Crippen LogP contribution in [-0.4, -0.2) is 22.2 Å². The van der Waals surface area contributed by atoms with Crippen molar-refractivity contribution in [2.45, 2.75) is 24.8 Å². The SMILES string of the molecule is CN[C@@H](c1cccnc1)c1noc(C2CC2)n1. The average molecular weight is 230 g/mol. The van der Waals surface area contributed by atoms with Gasteiger partial charge in [0.15, 0.2) is 5.82 Å². The number of hydrogen-bond donors (Lipinski definition) is 1. The number of nitrogens with one attached hydrogen (secondary N) is 1. The Kier molecular flexibility index (Phi) is 2.60. The number of aromatic nitrogens is 3. The maximum atomic E-state index is 5.27. The summed E-state index contributed by atoms with van der Waals surface area (Å²) in [5, 5.41) is 7.23. The zero-order valence-electron chi connectivity index (χ0n) is 9.63. The van der Waals surface area contributed by atoms with E-state index in [0.717, 1.165) is 11.5 Å². The highest BCUT2D eigenvalue weighted by Crippen LogP contribution is 2.39. The number of nitrogens with zero attached hydrogens (tertiary/aromatic N) is 3. The molecule has 88 valence electrons. The highest BCUT2D eigenvalue weighted by atomic mass is 16.5. The molecule has 5 nitrogen and oxygen atoms in total. The second kappa shape index (κ2) is 4.25. The smallest absolute Gasteiger partial charge is 0.229 e. The quantitative estimate of drug-likeness (QED) is 0.865. The minimum absolute atomic E-state index is 0.0556. The van der Waals surface area contributed by atoms with Gasteiger partial charge in [-0.15, -0.1) is 0 Å². The third kappa shape index (κ3) is 2.06. The van der Waals surface area contributed by atoms with Crippen LogP contribution in [0.2, 0.25) is 0 Å². The topological polar surface area (TPSA) is 63.8 Å². The molecule has 1 N–H and O–H groups in total. The molecule has 2 aromatic heterocycles. The Morgan fingerprint density at radius 2 is 2.35 bits per heavy atom. The van der Waals surface area contributed by atoms with E-state index >= 15 is 0 Å². The molecule has 1 atom stereocenters. The van der Waals surface area contributed by atoms with Crippen LogP contribution in [0.3, 0.4) is 0 Å². The Bertz CT molecular complexity index is 492. The average Bonchev–Trinajstić information content (AvgIpc) is 3.12. The standard InChI is InChI=1S/C12H14N4O/c1-13-10(9-3-2-6-14-7-9)11-15-12(17-16-11)8-4-5-8/h2-3,6-8,10,13H,4-5H2,1H3/t10-/m0/s1. The highest BCUT2D eigenvalue weighted by Gasteiger charge is 2.30. The van der Waals surface area contributed by atoms with Gasteiger partial charge in [-0.3, -0.25) is 4.98 Å². The summed E-state index contributed by atoms with van der Waals surface area (Å²) in [4.78, 5) is 8.56. The van der Waals surface area contributed by atoms with Crippen molar-refractivity contribution in [3.8, 4) is 0 Å². The van der Waals surface area contributed by atoms with Crippen LogP contribution in [0, 0.1) is 0 Å². The minimum atomic E-state index is -0.0556. The maximum Gasteiger partial charge on any atom is 0.229 e. The Morgan fingerprint density at radius 1 is 1.47 bits per heavy atom. The molecule has 17 heavy (non-hydrogen) atoms. The fourth-order valence-corrected chi connectivity index (χ4v) is 1.85. The largest absolute Gasteiger partial charge is 0.339 e. The van der Waals surface area contributed by atoms with Crippen molar-refractivity contribution in [2.24, 2.45) is 0 Å². The van der Waals surface area contributed by atoms with Crippen LogP contribution in [0.4, 0.5) is 0 Å². The summed E-state index contributed by atoms with van der Waals surface area (Å²) in [7, 11) is 1.88. The lowest BCUT2D eigenvalue weighted by Gasteiger charge is -2.11. The Balaban J connectivity index is 1.88. The predicted octanol–water partition coefficient (Wildman–Crippen LogP) is 1.65. The first-order valence-corrected chi connectivity index (χ1v) is 5.79. The molecule has 5 heteroatoms. The van der Waals surface area contributed by atoms with Gasteiger partial charge in [0.2, 0.25) is 5.89 Å². The van der Waals surface area contributed by atoms with Crippen molar-refractivity contribution in [1.82, 2.24) is 20.4 Å². The third-order valence-corrected chi connectivity index (χ3v) is 2.95. The van der Waals surface area contributed by atoms with Crippen LogP contribution in [0.15, 0.2) is 29.0 Å². The molecular formula is C12H14N4O. The van der Waals surface area contributed by atoms with Crippen LogP contribution < -0.4 is 5.32 Å². The summed E-state index contributed by atoms with van der Waals surface area (Å²) in [5.74, 6) is 1.94. The van der Waals surface area contributed by atoms with E-state index < -0.39 is 0 Å². The predicted molar refractivity (Wildman–Crippen MR) is 61.4 cm³/mol. The lowest BCUT2D eigenvalue weighted by Crippen LogP contribution is -2.19. The van der Waals surface area contributed by atoms with Crippen molar-refractivity contribution < 1.29 is 4.52 Å². The summed E-state index contributed by atoms with van der Waals surface area (Å²) >= 11 is 0. The molecule has 0 unspecified atom stereocenters. The van der Waals surface area contributed by atoms with E-state index in [9.17, 15) is 0 Å². The van der Waals surface area contributed by atoms with E-state index in [2.05, 4.69) is 20.4 Å². The number of hydrogen-bond acceptors (Lipinski definition) is 5. The van der Waals surface area contributed by atoms with Crippen LogP contribution in [0.5, 0.6) is 0 Å². The van der Waals surface area contributed by atoms with Crippen molar-refractivity contribution in [3.63, 3.8) is 0 Å². The molecule has 1 fully saturated rings.